The minimum atomic E-state index is -0.115. The molecule has 7 nitrogen and oxygen atoms in total. The van der Waals surface area contributed by atoms with Crippen molar-refractivity contribution in [2.75, 3.05) is 0 Å². The van der Waals surface area contributed by atoms with Crippen LogP contribution in [0, 0.1) is 0 Å². The van der Waals surface area contributed by atoms with Gasteiger partial charge in [0.25, 0.3) is 5.22 Å². The average Bonchev–Trinajstić information content (AvgIpc) is 3.33. The third-order valence-electron chi connectivity index (χ3n) is 3.43. The quantitative estimate of drug-likeness (QED) is 0.498. The predicted octanol–water partition coefficient (Wildman–Crippen LogP) is 4.03. The fourth-order valence-corrected chi connectivity index (χ4v) is 2.89. The van der Waals surface area contributed by atoms with Gasteiger partial charge < -0.3 is 8.94 Å². The minimum Gasteiger partial charge on any atom is -0.411 e. The van der Waals surface area contributed by atoms with E-state index in [1.54, 1.807) is 12.4 Å². The molecule has 0 bridgehead atoms. The summed E-state index contributed by atoms with van der Waals surface area (Å²) in [5, 5.41) is 12.5. The number of benzene rings is 1. The summed E-state index contributed by atoms with van der Waals surface area (Å²) < 4.78 is 11.0. The van der Waals surface area contributed by atoms with Crippen molar-refractivity contribution >= 4 is 11.8 Å². The largest absolute Gasteiger partial charge is 0.411 e. The Balaban J connectivity index is 1.49. The molecule has 0 aliphatic heterocycles. The predicted molar refractivity (Wildman–Crippen MR) is 91.5 cm³/mol. The minimum absolute atomic E-state index is 0.115. The highest BCUT2D eigenvalue weighted by Gasteiger charge is 2.20. The van der Waals surface area contributed by atoms with Crippen molar-refractivity contribution in [2.45, 2.75) is 17.4 Å². The van der Waals surface area contributed by atoms with Crippen molar-refractivity contribution in [3.8, 4) is 22.8 Å². The van der Waals surface area contributed by atoms with E-state index in [9.17, 15) is 0 Å². The topological polar surface area (TPSA) is 90.7 Å². The summed E-state index contributed by atoms with van der Waals surface area (Å²) in [6, 6.07) is 13.3. The summed E-state index contributed by atoms with van der Waals surface area (Å²) in [4.78, 5) is 8.42. The molecule has 4 rings (SSSR count). The highest BCUT2D eigenvalue weighted by atomic mass is 32.2. The standard InChI is InChI=1S/C17H13N5O2S/c1-11(15-19-14(22-24-15)12-5-3-2-4-6-12)25-17-21-20-16(23-17)13-7-9-18-10-8-13/h2-11H,1H3. The molecule has 0 amide bonds. The SMILES string of the molecule is CC(Sc1nnc(-c2ccncc2)o1)c1nc(-c2ccccc2)no1. The van der Waals surface area contributed by atoms with Gasteiger partial charge in [0.1, 0.15) is 0 Å². The molecule has 0 spiro atoms. The van der Waals surface area contributed by atoms with Gasteiger partial charge in [-0.05, 0) is 19.1 Å². The van der Waals surface area contributed by atoms with E-state index >= 15 is 0 Å². The molecule has 25 heavy (non-hydrogen) atoms. The molecule has 4 aromatic rings. The number of hydrogen-bond donors (Lipinski definition) is 0. The zero-order valence-corrected chi connectivity index (χ0v) is 14.1. The van der Waals surface area contributed by atoms with E-state index in [1.807, 2.05) is 49.4 Å². The lowest BCUT2D eigenvalue weighted by Gasteiger charge is -2.00. The number of aromatic nitrogens is 5. The molecule has 0 N–H and O–H groups in total. The lowest BCUT2D eigenvalue weighted by atomic mass is 10.2. The maximum absolute atomic E-state index is 5.68. The molecular formula is C17H13N5O2S. The number of thioether (sulfide) groups is 1. The molecule has 1 aromatic carbocycles. The monoisotopic (exact) mass is 351 g/mol. The molecule has 0 saturated carbocycles. The molecule has 3 heterocycles. The summed E-state index contributed by atoms with van der Waals surface area (Å²) in [6.07, 6.45) is 3.36. The third kappa shape index (κ3) is 3.43. The Hall–Kier alpha value is -3.00. The molecule has 0 fully saturated rings. The first-order valence-corrected chi connectivity index (χ1v) is 8.47. The maximum Gasteiger partial charge on any atom is 0.277 e. The van der Waals surface area contributed by atoms with Crippen LogP contribution in [-0.4, -0.2) is 25.3 Å². The normalized spacial score (nSPS) is 12.2. The summed E-state index contributed by atoms with van der Waals surface area (Å²) in [5.74, 6) is 1.52. The molecule has 3 aromatic heterocycles. The van der Waals surface area contributed by atoms with Crippen molar-refractivity contribution < 1.29 is 8.94 Å². The van der Waals surface area contributed by atoms with Crippen LogP contribution in [0.5, 0.6) is 0 Å². The Kier molecular flexibility index (Phi) is 4.26. The van der Waals surface area contributed by atoms with Gasteiger partial charge in [0, 0.05) is 23.5 Å². The van der Waals surface area contributed by atoms with E-state index in [-0.39, 0.29) is 5.25 Å². The van der Waals surface area contributed by atoms with Gasteiger partial charge in [-0.1, -0.05) is 47.3 Å². The van der Waals surface area contributed by atoms with Crippen LogP contribution in [0.1, 0.15) is 18.1 Å². The van der Waals surface area contributed by atoms with Gasteiger partial charge in [-0.15, -0.1) is 10.2 Å². The van der Waals surface area contributed by atoms with Gasteiger partial charge in [-0.25, -0.2) is 0 Å². The molecule has 0 saturated heterocycles. The van der Waals surface area contributed by atoms with Gasteiger partial charge >= 0.3 is 0 Å². The lowest BCUT2D eigenvalue weighted by Crippen LogP contribution is -1.89. The fourth-order valence-electron chi connectivity index (χ4n) is 2.17. The molecule has 0 radical (unpaired) electrons. The van der Waals surface area contributed by atoms with Crippen LogP contribution in [0.2, 0.25) is 0 Å². The van der Waals surface area contributed by atoms with Crippen LogP contribution in [0.15, 0.2) is 69.0 Å². The average molecular weight is 351 g/mol. The summed E-state index contributed by atoms with van der Waals surface area (Å²) in [7, 11) is 0. The Morgan fingerprint density at radius 3 is 2.56 bits per heavy atom. The molecule has 124 valence electrons. The fraction of sp³-hybridized carbons (Fsp3) is 0.118. The van der Waals surface area contributed by atoms with E-state index in [2.05, 4.69) is 25.3 Å². The molecule has 0 aliphatic rings. The molecule has 1 unspecified atom stereocenters. The molecule has 8 heteroatoms. The second-order valence-electron chi connectivity index (χ2n) is 5.19. The zero-order chi connectivity index (χ0) is 17.1. The van der Waals surface area contributed by atoms with Crippen LogP contribution in [-0.2, 0) is 0 Å². The van der Waals surface area contributed by atoms with E-state index in [0.29, 0.717) is 22.8 Å². The number of pyridine rings is 1. The first kappa shape index (κ1) is 15.5. The number of nitrogens with zero attached hydrogens (tertiary/aromatic N) is 5. The Morgan fingerprint density at radius 1 is 0.960 bits per heavy atom. The summed E-state index contributed by atoms with van der Waals surface area (Å²) >= 11 is 1.37. The second-order valence-corrected chi connectivity index (χ2v) is 6.48. The lowest BCUT2D eigenvalue weighted by molar-refractivity contribution is 0.379. The van der Waals surface area contributed by atoms with Crippen LogP contribution in [0.3, 0.4) is 0 Å². The van der Waals surface area contributed by atoms with Crippen LogP contribution in [0.4, 0.5) is 0 Å². The van der Waals surface area contributed by atoms with Crippen molar-refractivity contribution in [3.63, 3.8) is 0 Å². The van der Waals surface area contributed by atoms with E-state index in [0.717, 1.165) is 11.1 Å². The van der Waals surface area contributed by atoms with E-state index in [4.69, 9.17) is 8.94 Å². The van der Waals surface area contributed by atoms with Gasteiger partial charge in [0.05, 0.1) is 5.25 Å². The Morgan fingerprint density at radius 2 is 1.76 bits per heavy atom. The summed E-state index contributed by atoms with van der Waals surface area (Å²) in [6.45, 7) is 1.95. The van der Waals surface area contributed by atoms with Gasteiger partial charge in [0.2, 0.25) is 17.6 Å². The van der Waals surface area contributed by atoms with Crippen LogP contribution >= 0.6 is 11.8 Å². The first-order valence-electron chi connectivity index (χ1n) is 7.59. The molecular weight excluding hydrogens is 338 g/mol. The Bertz CT molecular complexity index is 955. The Labute approximate surface area is 147 Å². The van der Waals surface area contributed by atoms with Crippen molar-refractivity contribution in [1.29, 1.82) is 0 Å². The van der Waals surface area contributed by atoms with E-state index in [1.165, 1.54) is 11.8 Å². The molecule has 1 atom stereocenters. The number of rotatable bonds is 5. The van der Waals surface area contributed by atoms with Crippen molar-refractivity contribution in [2.24, 2.45) is 0 Å². The second kappa shape index (κ2) is 6.86. The van der Waals surface area contributed by atoms with Gasteiger partial charge in [0.15, 0.2) is 0 Å². The number of hydrogen-bond acceptors (Lipinski definition) is 8. The van der Waals surface area contributed by atoms with Crippen molar-refractivity contribution in [1.82, 2.24) is 25.3 Å². The highest BCUT2D eigenvalue weighted by molar-refractivity contribution is 7.99. The highest BCUT2D eigenvalue weighted by Crippen LogP contribution is 2.34. The maximum atomic E-state index is 5.68. The van der Waals surface area contributed by atoms with Crippen molar-refractivity contribution in [3.05, 3.63) is 60.7 Å². The molecule has 0 aliphatic carbocycles. The van der Waals surface area contributed by atoms with Gasteiger partial charge in [-0.3, -0.25) is 4.98 Å². The zero-order valence-electron chi connectivity index (χ0n) is 13.2. The summed E-state index contributed by atoms with van der Waals surface area (Å²) in [5.41, 5.74) is 1.73. The first-order chi connectivity index (χ1) is 12.3. The smallest absolute Gasteiger partial charge is 0.277 e. The van der Waals surface area contributed by atoms with Crippen LogP contribution < -0.4 is 0 Å². The van der Waals surface area contributed by atoms with Crippen LogP contribution in [0.25, 0.3) is 22.8 Å². The third-order valence-corrected chi connectivity index (χ3v) is 4.35. The van der Waals surface area contributed by atoms with Gasteiger partial charge in [-0.2, -0.15) is 4.98 Å². The van der Waals surface area contributed by atoms with E-state index < -0.39 is 0 Å².